The number of benzene rings is 1. The fourth-order valence-electron chi connectivity index (χ4n) is 1.87. The third-order valence-electron chi connectivity index (χ3n) is 2.93. The molecule has 3 aromatic rings. The lowest BCUT2D eigenvalue weighted by atomic mass is 10.0. The van der Waals surface area contributed by atoms with E-state index < -0.39 is 5.60 Å². The van der Waals surface area contributed by atoms with E-state index in [1.165, 1.54) is 0 Å². The highest BCUT2D eigenvalue weighted by Gasteiger charge is 2.26. The zero-order valence-electron chi connectivity index (χ0n) is 10.5. The average molecular weight is 274 g/mol. The van der Waals surface area contributed by atoms with Crippen LogP contribution in [0.25, 0.3) is 10.2 Å². The van der Waals surface area contributed by atoms with Crippen molar-refractivity contribution in [2.24, 2.45) is 0 Å². The molecule has 0 radical (unpaired) electrons. The third kappa shape index (κ3) is 2.47. The molecule has 0 amide bonds. The summed E-state index contributed by atoms with van der Waals surface area (Å²) in [4.78, 5) is 4.46. The fourth-order valence-corrected chi connectivity index (χ4v) is 2.73. The summed E-state index contributed by atoms with van der Waals surface area (Å²) in [6.45, 7) is 2.06. The zero-order valence-corrected chi connectivity index (χ0v) is 11.3. The van der Waals surface area contributed by atoms with Gasteiger partial charge in [-0.3, -0.25) is 0 Å². The number of thiazole rings is 1. The Morgan fingerprint density at radius 1 is 1.32 bits per heavy atom. The number of aliphatic hydroxyl groups is 1. The van der Waals surface area contributed by atoms with Gasteiger partial charge in [0.15, 0.2) is 5.13 Å². The van der Waals surface area contributed by atoms with Gasteiger partial charge in [-0.2, -0.15) is 0 Å². The van der Waals surface area contributed by atoms with Crippen LogP contribution in [0, 0.1) is 0 Å². The number of aromatic nitrogens is 1. The van der Waals surface area contributed by atoms with Gasteiger partial charge in [0.05, 0.1) is 23.0 Å². The Balaban J connectivity index is 1.75. The monoisotopic (exact) mass is 274 g/mol. The fraction of sp³-hybridized carbons (Fsp3) is 0.214. The number of furan rings is 1. The Kier molecular flexibility index (Phi) is 3.00. The van der Waals surface area contributed by atoms with Gasteiger partial charge in [-0.25, -0.2) is 4.98 Å². The number of anilines is 1. The van der Waals surface area contributed by atoms with Crippen molar-refractivity contribution in [1.82, 2.24) is 4.98 Å². The van der Waals surface area contributed by atoms with Gasteiger partial charge in [0.2, 0.25) is 0 Å². The lowest BCUT2D eigenvalue weighted by Crippen LogP contribution is -2.30. The normalized spacial score (nSPS) is 14.4. The van der Waals surface area contributed by atoms with Crippen LogP contribution in [0.1, 0.15) is 12.7 Å². The van der Waals surface area contributed by atoms with Crippen molar-refractivity contribution in [3.8, 4) is 0 Å². The third-order valence-corrected chi connectivity index (χ3v) is 3.92. The molecule has 0 saturated carbocycles. The quantitative estimate of drug-likeness (QED) is 0.767. The summed E-state index contributed by atoms with van der Waals surface area (Å²) in [6, 6.07) is 11.5. The summed E-state index contributed by atoms with van der Waals surface area (Å²) in [7, 11) is 0. The molecule has 0 bridgehead atoms. The van der Waals surface area contributed by atoms with Crippen LogP contribution in [0.5, 0.6) is 0 Å². The van der Waals surface area contributed by atoms with Crippen molar-refractivity contribution >= 4 is 26.7 Å². The smallest absolute Gasteiger partial charge is 0.183 e. The molecule has 2 aromatic heterocycles. The lowest BCUT2D eigenvalue weighted by Gasteiger charge is -2.20. The van der Waals surface area contributed by atoms with E-state index in [-0.39, 0.29) is 0 Å². The molecule has 2 N–H and O–H groups in total. The number of hydrogen-bond donors (Lipinski definition) is 2. The second kappa shape index (κ2) is 4.68. The number of rotatable bonds is 4. The predicted octanol–water partition coefficient (Wildman–Crippen LogP) is 3.21. The van der Waals surface area contributed by atoms with Gasteiger partial charge in [0.25, 0.3) is 0 Å². The van der Waals surface area contributed by atoms with Crippen LogP contribution >= 0.6 is 11.3 Å². The summed E-state index contributed by atoms with van der Waals surface area (Å²) in [5.41, 5.74) is -0.0888. The number of para-hydroxylation sites is 1. The van der Waals surface area contributed by atoms with Crippen LogP contribution in [0.4, 0.5) is 5.13 Å². The van der Waals surface area contributed by atoms with Crippen LogP contribution in [0.3, 0.4) is 0 Å². The van der Waals surface area contributed by atoms with Crippen LogP contribution in [0.15, 0.2) is 47.1 Å². The van der Waals surface area contributed by atoms with Crippen LogP contribution in [-0.4, -0.2) is 16.6 Å². The summed E-state index contributed by atoms with van der Waals surface area (Å²) in [5, 5.41) is 14.3. The van der Waals surface area contributed by atoms with Crippen molar-refractivity contribution in [2.75, 3.05) is 11.9 Å². The van der Waals surface area contributed by atoms with Crippen molar-refractivity contribution < 1.29 is 9.52 Å². The maximum absolute atomic E-state index is 10.3. The largest absolute Gasteiger partial charge is 0.466 e. The molecule has 3 rings (SSSR count). The molecule has 0 aliphatic rings. The van der Waals surface area contributed by atoms with Crippen LogP contribution in [0.2, 0.25) is 0 Å². The highest BCUT2D eigenvalue weighted by molar-refractivity contribution is 7.22. The van der Waals surface area contributed by atoms with Crippen molar-refractivity contribution in [2.45, 2.75) is 12.5 Å². The average Bonchev–Trinajstić information content (AvgIpc) is 3.05. The van der Waals surface area contributed by atoms with Gasteiger partial charge >= 0.3 is 0 Å². The molecule has 1 aromatic carbocycles. The van der Waals surface area contributed by atoms with E-state index >= 15 is 0 Å². The highest BCUT2D eigenvalue weighted by Crippen LogP contribution is 2.27. The predicted molar refractivity (Wildman–Crippen MR) is 76.4 cm³/mol. The number of hydrogen-bond acceptors (Lipinski definition) is 5. The second-order valence-corrected chi connectivity index (χ2v) is 5.62. The Hall–Kier alpha value is -1.85. The van der Waals surface area contributed by atoms with E-state index in [1.54, 1.807) is 36.7 Å². The summed E-state index contributed by atoms with van der Waals surface area (Å²) in [5.74, 6) is 0.543. The highest BCUT2D eigenvalue weighted by atomic mass is 32.1. The van der Waals surface area contributed by atoms with E-state index in [9.17, 15) is 5.11 Å². The SMILES string of the molecule is CC(O)(CNc1nc2ccccc2s1)c1ccco1. The Morgan fingerprint density at radius 2 is 2.16 bits per heavy atom. The zero-order chi connectivity index (χ0) is 13.3. The van der Waals surface area contributed by atoms with E-state index in [0.29, 0.717) is 12.3 Å². The molecule has 0 saturated heterocycles. The van der Waals surface area contributed by atoms with E-state index in [4.69, 9.17) is 4.42 Å². The van der Waals surface area contributed by atoms with Gasteiger partial charge in [-0.05, 0) is 31.2 Å². The Labute approximate surface area is 114 Å². The molecule has 0 fully saturated rings. The first kappa shape index (κ1) is 12.2. The van der Waals surface area contributed by atoms with Crippen molar-refractivity contribution in [3.05, 3.63) is 48.4 Å². The van der Waals surface area contributed by atoms with Crippen LogP contribution in [-0.2, 0) is 5.60 Å². The van der Waals surface area contributed by atoms with Crippen molar-refractivity contribution in [1.29, 1.82) is 0 Å². The molecule has 98 valence electrons. The minimum Gasteiger partial charge on any atom is -0.466 e. The molecule has 5 heteroatoms. The number of nitrogens with one attached hydrogen (secondary N) is 1. The topological polar surface area (TPSA) is 58.3 Å². The Morgan fingerprint density at radius 3 is 2.89 bits per heavy atom. The van der Waals surface area contributed by atoms with Gasteiger partial charge in [-0.1, -0.05) is 23.5 Å². The number of fused-ring (bicyclic) bond motifs is 1. The van der Waals surface area contributed by atoms with Crippen molar-refractivity contribution in [3.63, 3.8) is 0 Å². The van der Waals surface area contributed by atoms with Gasteiger partial charge in [0.1, 0.15) is 11.4 Å². The maximum Gasteiger partial charge on any atom is 0.183 e. The minimum atomic E-state index is -1.05. The molecule has 0 aliphatic carbocycles. The first-order valence-electron chi connectivity index (χ1n) is 6.01. The molecule has 0 spiro atoms. The summed E-state index contributed by atoms with van der Waals surface area (Å²) >= 11 is 1.57. The first-order valence-corrected chi connectivity index (χ1v) is 6.83. The molecule has 19 heavy (non-hydrogen) atoms. The molecule has 4 nitrogen and oxygen atoms in total. The van der Waals surface area contributed by atoms with E-state index in [1.807, 2.05) is 24.3 Å². The number of nitrogens with zero attached hydrogens (tertiary/aromatic N) is 1. The molecular weight excluding hydrogens is 260 g/mol. The van der Waals surface area contributed by atoms with E-state index in [2.05, 4.69) is 10.3 Å². The Bertz CT molecular complexity index is 641. The molecule has 1 unspecified atom stereocenters. The molecule has 0 aliphatic heterocycles. The second-order valence-electron chi connectivity index (χ2n) is 4.59. The maximum atomic E-state index is 10.3. The van der Waals surface area contributed by atoms with Gasteiger partial charge in [0, 0.05) is 0 Å². The molecule has 2 heterocycles. The summed E-state index contributed by atoms with van der Waals surface area (Å²) < 4.78 is 6.37. The lowest BCUT2D eigenvalue weighted by molar-refractivity contribution is 0.0476. The molecule has 1 atom stereocenters. The van der Waals surface area contributed by atoms with E-state index in [0.717, 1.165) is 15.3 Å². The van der Waals surface area contributed by atoms with Gasteiger partial charge < -0.3 is 14.8 Å². The standard InChI is InChI=1S/C14H14N2O2S/c1-14(17,12-7-4-8-18-12)9-15-13-16-10-5-2-3-6-11(10)19-13/h2-8,17H,9H2,1H3,(H,15,16). The molecular formula is C14H14N2O2S. The van der Waals surface area contributed by atoms with Gasteiger partial charge in [-0.15, -0.1) is 0 Å². The van der Waals surface area contributed by atoms with Crippen LogP contribution < -0.4 is 5.32 Å². The summed E-state index contributed by atoms with van der Waals surface area (Å²) in [6.07, 6.45) is 1.56. The minimum absolute atomic E-state index is 0.348. The first-order chi connectivity index (χ1) is 9.15.